The first-order valence-corrected chi connectivity index (χ1v) is 13.1. The minimum atomic E-state index is -0.389. The fraction of sp³-hybridized carbons (Fsp3) is 0.391. The van der Waals surface area contributed by atoms with Gasteiger partial charge in [0, 0.05) is 9.90 Å². The highest BCUT2D eigenvalue weighted by atomic mass is 35.5. The lowest BCUT2D eigenvalue weighted by molar-refractivity contribution is -0.113. The van der Waals surface area contributed by atoms with Gasteiger partial charge in [-0.05, 0) is 61.9 Å². The molecule has 0 saturated carbocycles. The first-order chi connectivity index (χ1) is 16.4. The second kappa shape index (κ2) is 11.2. The highest BCUT2D eigenvalue weighted by molar-refractivity contribution is 7.99. The summed E-state index contributed by atoms with van der Waals surface area (Å²) in [4.78, 5) is 26.4. The number of thioether (sulfide) groups is 1. The Bertz CT molecular complexity index is 1160. The average molecular weight is 522 g/mol. The molecule has 0 bridgehead atoms. The van der Waals surface area contributed by atoms with Crippen molar-refractivity contribution in [3.63, 3.8) is 0 Å². The van der Waals surface area contributed by atoms with Gasteiger partial charge in [0.1, 0.15) is 10.8 Å². The molecule has 180 valence electrons. The number of carbonyl (C=O) groups is 2. The molecule has 1 atom stereocenters. The van der Waals surface area contributed by atoms with Gasteiger partial charge in [0.25, 0.3) is 11.1 Å². The van der Waals surface area contributed by atoms with Crippen LogP contribution in [-0.4, -0.2) is 34.4 Å². The molecule has 8 nitrogen and oxygen atoms in total. The van der Waals surface area contributed by atoms with E-state index in [0.29, 0.717) is 33.1 Å². The quantitative estimate of drug-likeness (QED) is 0.295. The smallest absolute Gasteiger partial charge is 0.341 e. The monoisotopic (exact) mass is 521 g/mol. The Hall–Kier alpha value is -2.56. The number of anilines is 1. The van der Waals surface area contributed by atoms with Gasteiger partial charge >= 0.3 is 5.97 Å². The third-order valence-corrected chi connectivity index (χ3v) is 7.44. The molecule has 1 N–H and O–H groups in total. The number of rotatable bonds is 9. The van der Waals surface area contributed by atoms with Crippen molar-refractivity contribution in [3.05, 3.63) is 51.2 Å². The number of aromatic nitrogens is 2. The van der Waals surface area contributed by atoms with Gasteiger partial charge in [-0.3, -0.25) is 4.79 Å². The van der Waals surface area contributed by atoms with Crippen molar-refractivity contribution in [1.82, 2.24) is 10.2 Å². The lowest BCUT2D eigenvalue weighted by Crippen LogP contribution is -2.17. The van der Waals surface area contributed by atoms with E-state index in [0.717, 1.165) is 41.5 Å². The summed E-state index contributed by atoms with van der Waals surface area (Å²) in [6.45, 7) is 4.35. The number of fused-ring (bicyclic) bond motifs is 1. The summed E-state index contributed by atoms with van der Waals surface area (Å²) >= 11 is 8.44. The van der Waals surface area contributed by atoms with Crippen LogP contribution in [0.1, 0.15) is 47.0 Å². The normalized spacial score (nSPS) is 15.0. The van der Waals surface area contributed by atoms with Crippen LogP contribution < -0.4 is 10.1 Å². The zero-order valence-electron chi connectivity index (χ0n) is 18.8. The maximum atomic E-state index is 12.6. The number of hydrogen-bond donors (Lipinski definition) is 1. The maximum Gasteiger partial charge on any atom is 0.341 e. The van der Waals surface area contributed by atoms with E-state index in [2.05, 4.69) is 22.4 Å². The molecule has 2 heterocycles. The molecule has 3 aromatic rings. The molecule has 0 radical (unpaired) electrons. The second-order valence-electron chi connectivity index (χ2n) is 7.82. The van der Waals surface area contributed by atoms with Gasteiger partial charge in [-0.1, -0.05) is 30.3 Å². The van der Waals surface area contributed by atoms with E-state index in [-0.39, 0.29) is 36.1 Å². The van der Waals surface area contributed by atoms with Gasteiger partial charge in [-0.15, -0.1) is 21.5 Å². The van der Waals surface area contributed by atoms with Crippen molar-refractivity contribution in [1.29, 1.82) is 0 Å². The summed E-state index contributed by atoms with van der Waals surface area (Å²) in [6.07, 6.45) is 2.73. The first kappa shape index (κ1) is 24.6. The van der Waals surface area contributed by atoms with Crippen molar-refractivity contribution in [2.24, 2.45) is 5.92 Å². The fourth-order valence-electron chi connectivity index (χ4n) is 3.58. The number of carbonyl (C=O) groups excluding carboxylic acids is 2. The minimum Gasteiger partial charge on any atom is -0.484 e. The number of amides is 1. The van der Waals surface area contributed by atoms with Gasteiger partial charge < -0.3 is 19.2 Å². The third-order valence-electron chi connectivity index (χ3n) is 5.20. The molecule has 4 rings (SSSR count). The van der Waals surface area contributed by atoms with Gasteiger partial charge in [0.05, 0.1) is 17.9 Å². The summed E-state index contributed by atoms with van der Waals surface area (Å²) in [7, 11) is 0. The van der Waals surface area contributed by atoms with E-state index < -0.39 is 0 Å². The Morgan fingerprint density at radius 2 is 2.09 bits per heavy atom. The predicted octanol–water partition coefficient (Wildman–Crippen LogP) is 5.40. The topological polar surface area (TPSA) is 104 Å². The standard InChI is InChI=1S/C23H24ClN3O5S2/c1-3-30-22(29)20-16-9-4-13(2)10-17(16)34-21(20)25-18(28)12-33-23-27-26-19(32-23)11-31-15-7-5-14(24)6-8-15/h5-8,13H,3-4,9-12H2,1-2H3,(H,25,28). The summed E-state index contributed by atoms with van der Waals surface area (Å²) < 4.78 is 16.4. The molecule has 1 amide bonds. The number of benzene rings is 1. The number of hydrogen-bond acceptors (Lipinski definition) is 9. The molecule has 2 aromatic heterocycles. The Labute approximate surface area is 210 Å². The first-order valence-electron chi connectivity index (χ1n) is 10.9. The zero-order valence-corrected chi connectivity index (χ0v) is 21.1. The number of nitrogens with one attached hydrogen (secondary N) is 1. The van der Waals surface area contributed by atoms with E-state index in [1.165, 1.54) is 11.3 Å². The number of halogens is 1. The van der Waals surface area contributed by atoms with E-state index >= 15 is 0 Å². The summed E-state index contributed by atoms with van der Waals surface area (Å²) in [6, 6.07) is 6.93. The molecule has 1 aromatic carbocycles. The largest absolute Gasteiger partial charge is 0.484 e. The van der Waals surface area contributed by atoms with Crippen LogP contribution in [0.3, 0.4) is 0 Å². The van der Waals surface area contributed by atoms with Crippen molar-refractivity contribution in [2.75, 3.05) is 17.7 Å². The van der Waals surface area contributed by atoms with Crippen LogP contribution in [0, 0.1) is 5.92 Å². The molecule has 0 aliphatic heterocycles. The molecule has 11 heteroatoms. The van der Waals surface area contributed by atoms with E-state index in [1.807, 2.05) is 0 Å². The van der Waals surface area contributed by atoms with Crippen LogP contribution in [0.15, 0.2) is 33.9 Å². The SMILES string of the molecule is CCOC(=O)c1c(NC(=O)CSc2nnc(COc3ccc(Cl)cc3)o2)sc2c1CCC(C)C2. The van der Waals surface area contributed by atoms with Crippen molar-refractivity contribution < 1.29 is 23.5 Å². The Balaban J connectivity index is 1.34. The Morgan fingerprint density at radius 3 is 2.85 bits per heavy atom. The van der Waals surface area contributed by atoms with Crippen LogP contribution in [-0.2, 0) is 29.0 Å². The predicted molar refractivity (Wildman–Crippen MR) is 131 cm³/mol. The summed E-state index contributed by atoms with van der Waals surface area (Å²) in [5.74, 6) is 0.875. The van der Waals surface area contributed by atoms with E-state index in [4.69, 9.17) is 25.5 Å². The zero-order chi connectivity index (χ0) is 24.1. The molecular weight excluding hydrogens is 498 g/mol. The van der Waals surface area contributed by atoms with Crippen LogP contribution in [0.2, 0.25) is 5.02 Å². The fourth-order valence-corrected chi connectivity index (χ4v) is 5.70. The second-order valence-corrected chi connectivity index (χ2v) is 10.3. The van der Waals surface area contributed by atoms with E-state index in [1.54, 1.807) is 31.2 Å². The van der Waals surface area contributed by atoms with Gasteiger partial charge in [0.15, 0.2) is 6.61 Å². The summed E-state index contributed by atoms with van der Waals surface area (Å²) in [5.41, 5.74) is 1.50. The molecule has 0 fully saturated rings. The van der Waals surface area contributed by atoms with Crippen LogP contribution in [0.5, 0.6) is 5.75 Å². The highest BCUT2D eigenvalue weighted by Gasteiger charge is 2.29. The lowest BCUT2D eigenvalue weighted by Gasteiger charge is -2.18. The Kier molecular flexibility index (Phi) is 8.12. The average Bonchev–Trinajstić information content (AvgIpc) is 3.41. The number of thiophene rings is 1. The van der Waals surface area contributed by atoms with Crippen molar-refractivity contribution >= 4 is 51.6 Å². The molecule has 1 aliphatic carbocycles. The van der Waals surface area contributed by atoms with Crippen LogP contribution >= 0.6 is 34.7 Å². The van der Waals surface area contributed by atoms with Gasteiger partial charge in [-0.2, -0.15) is 0 Å². The minimum absolute atomic E-state index is 0.0565. The summed E-state index contributed by atoms with van der Waals surface area (Å²) in [5, 5.41) is 12.2. The van der Waals surface area contributed by atoms with Crippen molar-refractivity contribution in [3.8, 4) is 5.75 Å². The number of ether oxygens (including phenoxy) is 2. The van der Waals surface area contributed by atoms with Crippen LogP contribution in [0.25, 0.3) is 0 Å². The molecule has 1 unspecified atom stereocenters. The molecule has 34 heavy (non-hydrogen) atoms. The number of nitrogens with zero attached hydrogens (tertiary/aromatic N) is 2. The highest BCUT2D eigenvalue weighted by Crippen LogP contribution is 2.40. The molecule has 0 spiro atoms. The van der Waals surface area contributed by atoms with Gasteiger partial charge in [-0.25, -0.2) is 4.79 Å². The third kappa shape index (κ3) is 6.11. The Morgan fingerprint density at radius 1 is 1.29 bits per heavy atom. The molecular formula is C23H24ClN3O5S2. The lowest BCUT2D eigenvalue weighted by atomic mass is 9.88. The maximum absolute atomic E-state index is 12.6. The van der Waals surface area contributed by atoms with Crippen LogP contribution in [0.4, 0.5) is 5.00 Å². The van der Waals surface area contributed by atoms with Crippen molar-refractivity contribution in [2.45, 2.75) is 44.9 Å². The molecule has 0 saturated heterocycles. The molecule has 1 aliphatic rings. The van der Waals surface area contributed by atoms with E-state index in [9.17, 15) is 9.59 Å². The van der Waals surface area contributed by atoms with Gasteiger partial charge in [0.2, 0.25) is 5.91 Å². The number of esters is 1.